The maximum absolute atomic E-state index is 12.2. The number of nitrogens with zero attached hydrogens (tertiary/aromatic N) is 3. The van der Waals surface area contributed by atoms with Crippen LogP contribution >= 0.6 is 0 Å². The SMILES string of the molecule is CC(/C=C/[C@H]1O[C@H](Cc2ncnn2C)C[C@@]2(CO2)[C@@H]1O)=C\C[C@@H]1O[C@H](C)[C@H](NC(=O)/C=C\C(C)C)C[C@@H]1C. The second kappa shape index (κ2) is 12.2. The van der Waals surface area contributed by atoms with Crippen LogP contribution < -0.4 is 5.32 Å². The largest absolute Gasteiger partial charge is 0.387 e. The molecule has 3 fully saturated rings. The molecule has 0 aliphatic carbocycles. The molecule has 4 rings (SSSR count). The maximum Gasteiger partial charge on any atom is 0.243 e. The molecule has 1 aromatic rings. The van der Waals surface area contributed by atoms with Crippen LogP contribution in [0.3, 0.4) is 0 Å². The van der Waals surface area contributed by atoms with Gasteiger partial charge in [0.1, 0.15) is 30.0 Å². The molecule has 1 aromatic heterocycles. The number of aryl methyl sites for hydroxylation is 1. The van der Waals surface area contributed by atoms with E-state index in [0.29, 0.717) is 31.3 Å². The van der Waals surface area contributed by atoms with E-state index in [4.69, 9.17) is 14.2 Å². The minimum atomic E-state index is -0.702. The van der Waals surface area contributed by atoms with Gasteiger partial charge in [-0.05, 0) is 44.6 Å². The number of hydrogen-bond acceptors (Lipinski definition) is 7. The first-order valence-electron chi connectivity index (χ1n) is 13.9. The van der Waals surface area contributed by atoms with Gasteiger partial charge < -0.3 is 24.6 Å². The Morgan fingerprint density at radius 1 is 1.32 bits per heavy atom. The minimum Gasteiger partial charge on any atom is -0.387 e. The lowest BCUT2D eigenvalue weighted by atomic mass is 9.87. The molecule has 3 aliphatic heterocycles. The fraction of sp³-hybridized carbons (Fsp3) is 0.690. The smallest absolute Gasteiger partial charge is 0.243 e. The Kier molecular flexibility index (Phi) is 9.23. The van der Waals surface area contributed by atoms with Crippen LogP contribution in [0.15, 0.2) is 42.3 Å². The molecular weight excluding hydrogens is 484 g/mol. The molecule has 3 saturated heterocycles. The number of allylic oxidation sites excluding steroid dienone is 3. The number of carbonyl (C=O) groups excluding carboxylic acids is 1. The molecule has 9 heteroatoms. The van der Waals surface area contributed by atoms with E-state index >= 15 is 0 Å². The lowest BCUT2D eigenvalue weighted by Crippen LogP contribution is -2.50. The normalized spacial score (nSPS) is 36.0. The Morgan fingerprint density at radius 3 is 2.74 bits per heavy atom. The second-order valence-corrected chi connectivity index (χ2v) is 11.6. The fourth-order valence-electron chi connectivity index (χ4n) is 5.35. The highest BCUT2D eigenvalue weighted by atomic mass is 16.6. The van der Waals surface area contributed by atoms with Crippen molar-refractivity contribution in [2.75, 3.05) is 6.61 Å². The summed E-state index contributed by atoms with van der Waals surface area (Å²) in [7, 11) is 1.87. The minimum absolute atomic E-state index is 0.00641. The maximum atomic E-state index is 12.2. The molecule has 8 atom stereocenters. The monoisotopic (exact) mass is 528 g/mol. The number of aliphatic hydroxyl groups is 1. The molecule has 3 aliphatic rings. The number of rotatable bonds is 9. The van der Waals surface area contributed by atoms with Crippen LogP contribution in [0.25, 0.3) is 0 Å². The van der Waals surface area contributed by atoms with Crippen LogP contribution in [0.2, 0.25) is 0 Å². The van der Waals surface area contributed by atoms with E-state index < -0.39 is 17.8 Å². The first-order valence-corrected chi connectivity index (χ1v) is 13.9. The summed E-state index contributed by atoms with van der Waals surface area (Å²) >= 11 is 0. The number of amides is 1. The average Bonchev–Trinajstić information content (AvgIpc) is 3.53. The number of aromatic nitrogens is 3. The van der Waals surface area contributed by atoms with Gasteiger partial charge in [-0.2, -0.15) is 5.10 Å². The zero-order chi connectivity index (χ0) is 27.4. The van der Waals surface area contributed by atoms with E-state index in [2.05, 4.69) is 28.4 Å². The Bertz CT molecular complexity index is 1040. The van der Waals surface area contributed by atoms with Gasteiger partial charge in [0.05, 0.1) is 31.0 Å². The van der Waals surface area contributed by atoms with Crippen molar-refractivity contribution in [3.8, 4) is 0 Å². The van der Waals surface area contributed by atoms with Crippen molar-refractivity contribution >= 4 is 5.91 Å². The number of hydrogen-bond donors (Lipinski definition) is 2. The zero-order valence-corrected chi connectivity index (χ0v) is 23.5. The standard InChI is InChI=1S/C29H44N4O5/c1-18(2)7-12-27(34)32-23-13-20(4)24(37-21(23)5)10-8-19(3)9-11-25-28(35)29(16-36-29)15-22(38-25)14-26-30-17-31-33(26)6/h7-9,11-12,17-18,20-25,28,35H,10,13-16H2,1-6H3,(H,32,34)/b11-9+,12-7-,19-8+/t20-,21+,22+,23+,24-,25+,28+,29+/m0/s1. The van der Waals surface area contributed by atoms with Gasteiger partial charge in [-0.25, -0.2) is 4.98 Å². The molecule has 38 heavy (non-hydrogen) atoms. The van der Waals surface area contributed by atoms with Crippen LogP contribution in [-0.4, -0.2) is 74.5 Å². The highest BCUT2D eigenvalue weighted by Crippen LogP contribution is 2.43. The Balaban J connectivity index is 1.30. The molecule has 0 unspecified atom stereocenters. The van der Waals surface area contributed by atoms with Crippen LogP contribution in [0.1, 0.15) is 59.7 Å². The lowest BCUT2D eigenvalue weighted by Gasteiger charge is -2.39. The number of carbonyl (C=O) groups is 1. The van der Waals surface area contributed by atoms with Gasteiger partial charge in [-0.15, -0.1) is 0 Å². The van der Waals surface area contributed by atoms with Crippen molar-refractivity contribution in [2.24, 2.45) is 18.9 Å². The quantitative estimate of drug-likeness (QED) is 0.288. The van der Waals surface area contributed by atoms with Crippen molar-refractivity contribution in [2.45, 2.75) is 102 Å². The van der Waals surface area contributed by atoms with Crippen LogP contribution in [0, 0.1) is 11.8 Å². The molecular formula is C29H44N4O5. The fourth-order valence-corrected chi connectivity index (χ4v) is 5.35. The van der Waals surface area contributed by atoms with Crippen molar-refractivity contribution in [1.29, 1.82) is 0 Å². The summed E-state index contributed by atoms with van der Waals surface area (Å²) in [5, 5.41) is 18.1. The lowest BCUT2D eigenvalue weighted by molar-refractivity contribution is -0.132. The summed E-state index contributed by atoms with van der Waals surface area (Å²) in [4.78, 5) is 16.6. The summed E-state index contributed by atoms with van der Waals surface area (Å²) < 4.78 is 20.0. The number of epoxide rings is 1. The van der Waals surface area contributed by atoms with Gasteiger partial charge in [0.15, 0.2) is 0 Å². The molecule has 1 amide bonds. The summed E-state index contributed by atoms with van der Waals surface area (Å²) in [6.45, 7) is 10.9. The van der Waals surface area contributed by atoms with E-state index in [1.165, 1.54) is 0 Å². The first-order chi connectivity index (χ1) is 18.1. The van der Waals surface area contributed by atoms with Crippen molar-refractivity contribution in [1.82, 2.24) is 20.1 Å². The van der Waals surface area contributed by atoms with E-state index in [9.17, 15) is 9.90 Å². The second-order valence-electron chi connectivity index (χ2n) is 11.6. The van der Waals surface area contributed by atoms with E-state index in [1.54, 1.807) is 17.1 Å². The summed E-state index contributed by atoms with van der Waals surface area (Å²) in [6, 6.07) is 0.00641. The topological polar surface area (TPSA) is 111 Å². The van der Waals surface area contributed by atoms with Gasteiger partial charge in [-0.1, -0.05) is 50.6 Å². The average molecular weight is 529 g/mol. The van der Waals surface area contributed by atoms with Gasteiger partial charge in [0.25, 0.3) is 0 Å². The third-order valence-corrected chi connectivity index (χ3v) is 7.90. The van der Waals surface area contributed by atoms with E-state index in [-0.39, 0.29) is 30.3 Å². The van der Waals surface area contributed by atoms with E-state index in [1.807, 2.05) is 53.0 Å². The van der Waals surface area contributed by atoms with E-state index in [0.717, 1.165) is 24.2 Å². The van der Waals surface area contributed by atoms with Crippen LogP contribution in [-0.2, 0) is 32.5 Å². The molecule has 4 heterocycles. The third-order valence-electron chi connectivity index (χ3n) is 7.90. The van der Waals surface area contributed by atoms with Crippen molar-refractivity contribution in [3.05, 3.63) is 48.1 Å². The molecule has 9 nitrogen and oxygen atoms in total. The number of ether oxygens (including phenoxy) is 3. The van der Waals surface area contributed by atoms with Crippen molar-refractivity contribution in [3.63, 3.8) is 0 Å². The Labute approximate surface area is 226 Å². The number of nitrogens with one attached hydrogen (secondary N) is 1. The van der Waals surface area contributed by atoms with Gasteiger partial charge in [-0.3, -0.25) is 9.48 Å². The summed E-state index contributed by atoms with van der Waals surface area (Å²) in [5.41, 5.74) is 0.561. The Hall–Kier alpha value is -2.33. The molecule has 2 N–H and O–H groups in total. The molecule has 0 radical (unpaired) electrons. The van der Waals surface area contributed by atoms with Gasteiger partial charge in [0.2, 0.25) is 5.91 Å². The predicted molar refractivity (Wildman–Crippen MR) is 144 cm³/mol. The highest BCUT2D eigenvalue weighted by molar-refractivity contribution is 5.87. The molecule has 1 spiro atoms. The molecule has 0 aromatic carbocycles. The predicted octanol–water partition coefficient (Wildman–Crippen LogP) is 3.05. The summed E-state index contributed by atoms with van der Waals surface area (Å²) in [5.74, 6) is 1.45. The number of aliphatic hydroxyl groups excluding tert-OH is 1. The summed E-state index contributed by atoms with van der Waals surface area (Å²) in [6.07, 6.45) is 12.9. The van der Waals surface area contributed by atoms with Crippen LogP contribution in [0.4, 0.5) is 0 Å². The molecule has 210 valence electrons. The Morgan fingerprint density at radius 2 is 2.08 bits per heavy atom. The highest BCUT2D eigenvalue weighted by Gasteiger charge is 2.58. The molecule has 0 bridgehead atoms. The molecule has 0 saturated carbocycles. The van der Waals surface area contributed by atoms with Gasteiger partial charge >= 0.3 is 0 Å². The first kappa shape index (κ1) is 28.7. The van der Waals surface area contributed by atoms with Gasteiger partial charge in [0, 0.05) is 19.9 Å². The van der Waals surface area contributed by atoms with Crippen molar-refractivity contribution < 1.29 is 24.1 Å². The third kappa shape index (κ3) is 7.20. The van der Waals surface area contributed by atoms with Crippen LogP contribution in [0.5, 0.6) is 0 Å². The zero-order valence-electron chi connectivity index (χ0n) is 23.5.